The van der Waals surface area contributed by atoms with E-state index in [2.05, 4.69) is 24.4 Å². The van der Waals surface area contributed by atoms with E-state index in [1.54, 1.807) is 0 Å². The van der Waals surface area contributed by atoms with Crippen LogP contribution in [0.25, 0.3) is 0 Å². The first-order chi connectivity index (χ1) is 7.10. The largest absolute Gasteiger partial charge is 0.384 e. The van der Waals surface area contributed by atoms with Crippen molar-refractivity contribution in [3.63, 3.8) is 0 Å². The van der Waals surface area contributed by atoms with Gasteiger partial charge in [0, 0.05) is 6.54 Å². The molecule has 0 aliphatic carbocycles. The van der Waals surface area contributed by atoms with Crippen LogP contribution in [0.3, 0.4) is 0 Å². The van der Waals surface area contributed by atoms with E-state index in [0.29, 0.717) is 6.54 Å². The molecule has 1 aromatic rings. The Morgan fingerprint density at radius 1 is 1.33 bits per heavy atom. The van der Waals surface area contributed by atoms with Gasteiger partial charge in [0.25, 0.3) is 0 Å². The van der Waals surface area contributed by atoms with Crippen LogP contribution < -0.4 is 5.32 Å². The Morgan fingerprint density at radius 3 is 2.67 bits per heavy atom. The summed E-state index contributed by atoms with van der Waals surface area (Å²) >= 11 is 0. The van der Waals surface area contributed by atoms with Gasteiger partial charge in [-0.2, -0.15) is 0 Å². The second kappa shape index (κ2) is 5.29. The molecule has 2 N–H and O–H groups in total. The summed E-state index contributed by atoms with van der Waals surface area (Å²) in [5, 5.41) is 13.4. The molecule has 0 heterocycles. The first kappa shape index (κ1) is 12.2. The summed E-state index contributed by atoms with van der Waals surface area (Å²) in [4.78, 5) is 0. The summed E-state index contributed by atoms with van der Waals surface area (Å²) < 4.78 is 0. The molecule has 1 unspecified atom stereocenters. The Hall–Kier alpha value is -0.860. The van der Waals surface area contributed by atoms with E-state index in [0.717, 1.165) is 18.5 Å². The molecule has 0 aliphatic rings. The van der Waals surface area contributed by atoms with Crippen LogP contribution in [-0.2, 0) is 12.0 Å². The smallest absolute Gasteiger partial charge is 0.0992 e. The SMILES string of the molecule is CCNCC(C)(O)c1cccc(CC)c1. The van der Waals surface area contributed by atoms with Crippen LogP contribution in [0.15, 0.2) is 24.3 Å². The van der Waals surface area contributed by atoms with Gasteiger partial charge in [-0.1, -0.05) is 38.1 Å². The first-order valence-corrected chi connectivity index (χ1v) is 5.62. The molecule has 0 aliphatic heterocycles. The second-order valence-electron chi connectivity index (χ2n) is 4.11. The van der Waals surface area contributed by atoms with E-state index >= 15 is 0 Å². The summed E-state index contributed by atoms with van der Waals surface area (Å²) in [6, 6.07) is 8.16. The van der Waals surface area contributed by atoms with E-state index in [9.17, 15) is 5.11 Å². The van der Waals surface area contributed by atoms with Crippen LogP contribution in [0.5, 0.6) is 0 Å². The lowest BCUT2D eigenvalue weighted by Gasteiger charge is -2.24. The molecule has 0 saturated carbocycles. The number of aryl methyl sites for hydroxylation is 1. The topological polar surface area (TPSA) is 32.3 Å². The van der Waals surface area contributed by atoms with Crippen molar-refractivity contribution in [2.45, 2.75) is 32.8 Å². The van der Waals surface area contributed by atoms with Crippen molar-refractivity contribution in [2.24, 2.45) is 0 Å². The van der Waals surface area contributed by atoms with Gasteiger partial charge >= 0.3 is 0 Å². The van der Waals surface area contributed by atoms with Crippen LogP contribution in [0, 0.1) is 0 Å². The Balaban J connectivity index is 2.83. The lowest BCUT2D eigenvalue weighted by atomic mass is 9.94. The van der Waals surface area contributed by atoms with Crippen molar-refractivity contribution in [3.05, 3.63) is 35.4 Å². The van der Waals surface area contributed by atoms with Crippen molar-refractivity contribution < 1.29 is 5.11 Å². The molecule has 0 spiro atoms. The third kappa shape index (κ3) is 3.33. The lowest BCUT2D eigenvalue weighted by Crippen LogP contribution is -2.35. The Kier molecular flexibility index (Phi) is 4.30. The zero-order chi connectivity index (χ0) is 11.3. The van der Waals surface area contributed by atoms with Gasteiger partial charge in [-0.3, -0.25) is 0 Å². The van der Waals surface area contributed by atoms with Crippen LogP contribution in [0.4, 0.5) is 0 Å². The standard InChI is InChI=1S/C13H21NO/c1-4-11-7-6-8-12(9-11)13(3,15)10-14-5-2/h6-9,14-15H,4-5,10H2,1-3H3. The van der Waals surface area contributed by atoms with Crippen LogP contribution in [0.1, 0.15) is 31.9 Å². The van der Waals surface area contributed by atoms with Crippen molar-refractivity contribution in [3.8, 4) is 0 Å². The molecular weight excluding hydrogens is 186 g/mol. The zero-order valence-electron chi connectivity index (χ0n) is 9.88. The highest BCUT2D eigenvalue weighted by Crippen LogP contribution is 2.20. The molecule has 0 saturated heterocycles. The van der Waals surface area contributed by atoms with Crippen LogP contribution >= 0.6 is 0 Å². The lowest BCUT2D eigenvalue weighted by molar-refractivity contribution is 0.0575. The normalized spacial score (nSPS) is 14.9. The predicted molar refractivity (Wildman–Crippen MR) is 63.9 cm³/mol. The van der Waals surface area contributed by atoms with Gasteiger partial charge in [0.15, 0.2) is 0 Å². The maximum Gasteiger partial charge on any atom is 0.0992 e. The minimum Gasteiger partial charge on any atom is -0.384 e. The first-order valence-electron chi connectivity index (χ1n) is 5.62. The number of likely N-dealkylation sites (N-methyl/N-ethyl adjacent to an activating group) is 1. The number of rotatable bonds is 5. The molecule has 2 nitrogen and oxygen atoms in total. The fraction of sp³-hybridized carbons (Fsp3) is 0.538. The molecule has 1 aromatic carbocycles. The van der Waals surface area contributed by atoms with E-state index in [1.165, 1.54) is 5.56 Å². The zero-order valence-corrected chi connectivity index (χ0v) is 9.88. The molecule has 2 heteroatoms. The average Bonchev–Trinajstić information content (AvgIpc) is 2.26. The number of aliphatic hydroxyl groups is 1. The van der Waals surface area contributed by atoms with Crippen molar-refractivity contribution >= 4 is 0 Å². The van der Waals surface area contributed by atoms with Gasteiger partial charge in [0.2, 0.25) is 0 Å². The molecule has 0 fully saturated rings. The number of benzene rings is 1. The van der Waals surface area contributed by atoms with Gasteiger partial charge in [0.05, 0.1) is 5.60 Å². The van der Waals surface area contributed by atoms with E-state index in [4.69, 9.17) is 0 Å². The summed E-state index contributed by atoms with van der Waals surface area (Å²) in [5.41, 5.74) is 1.48. The highest BCUT2D eigenvalue weighted by Gasteiger charge is 2.22. The van der Waals surface area contributed by atoms with Crippen LogP contribution in [0.2, 0.25) is 0 Å². The van der Waals surface area contributed by atoms with E-state index in [-0.39, 0.29) is 0 Å². The molecule has 0 aromatic heterocycles. The van der Waals surface area contributed by atoms with Crippen molar-refractivity contribution in [2.75, 3.05) is 13.1 Å². The molecule has 1 atom stereocenters. The highest BCUT2D eigenvalue weighted by molar-refractivity contribution is 5.28. The van der Waals surface area contributed by atoms with Gasteiger partial charge in [-0.05, 0) is 31.0 Å². The third-order valence-corrected chi connectivity index (χ3v) is 2.68. The molecule has 0 bridgehead atoms. The molecule has 0 radical (unpaired) electrons. The Labute approximate surface area is 92.3 Å². The molecule has 15 heavy (non-hydrogen) atoms. The predicted octanol–water partition coefficient (Wildman–Crippen LogP) is 2.07. The fourth-order valence-electron chi connectivity index (χ4n) is 1.60. The second-order valence-corrected chi connectivity index (χ2v) is 4.11. The molecule has 84 valence electrons. The Morgan fingerprint density at radius 2 is 2.07 bits per heavy atom. The number of hydrogen-bond donors (Lipinski definition) is 2. The van der Waals surface area contributed by atoms with Crippen molar-refractivity contribution in [1.82, 2.24) is 5.32 Å². The summed E-state index contributed by atoms with van der Waals surface area (Å²) in [7, 11) is 0. The summed E-state index contributed by atoms with van der Waals surface area (Å²) in [5.74, 6) is 0. The fourth-order valence-corrected chi connectivity index (χ4v) is 1.60. The summed E-state index contributed by atoms with van der Waals surface area (Å²) in [6.45, 7) is 7.49. The van der Waals surface area contributed by atoms with E-state index in [1.807, 2.05) is 26.0 Å². The van der Waals surface area contributed by atoms with Crippen LogP contribution in [-0.4, -0.2) is 18.2 Å². The molecular formula is C13H21NO. The minimum absolute atomic E-state index is 0.594. The molecule has 1 rings (SSSR count). The van der Waals surface area contributed by atoms with Gasteiger partial charge in [0.1, 0.15) is 0 Å². The molecule has 0 amide bonds. The van der Waals surface area contributed by atoms with Gasteiger partial charge < -0.3 is 10.4 Å². The van der Waals surface area contributed by atoms with Gasteiger partial charge in [-0.25, -0.2) is 0 Å². The highest BCUT2D eigenvalue weighted by atomic mass is 16.3. The van der Waals surface area contributed by atoms with Crippen molar-refractivity contribution in [1.29, 1.82) is 0 Å². The number of nitrogens with one attached hydrogen (secondary N) is 1. The van der Waals surface area contributed by atoms with E-state index < -0.39 is 5.60 Å². The average molecular weight is 207 g/mol. The maximum atomic E-state index is 10.3. The summed E-state index contributed by atoms with van der Waals surface area (Å²) in [6.07, 6.45) is 1.01. The maximum absolute atomic E-state index is 10.3. The Bertz CT molecular complexity index is 307. The third-order valence-electron chi connectivity index (χ3n) is 2.68. The monoisotopic (exact) mass is 207 g/mol. The van der Waals surface area contributed by atoms with Gasteiger partial charge in [-0.15, -0.1) is 0 Å². The number of hydrogen-bond acceptors (Lipinski definition) is 2. The minimum atomic E-state index is -0.777. The quantitative estimate of drug-likeness (QED) is 0.774.